The van der Waals surface area contributed by atoms with E-state index in [0.717, 1.165) is 26.8 Å². The van der Waals surface area contributed by atoms with Crippen molar-refractivity contribution in [3.63, 3.8) is 0 Å². The van der Waals surface area contributed by atoms with Gasteiger partial charge in [0.2, 0.25) is 5.91 Å². The highest BCUT2D eigenvalue weighted by molar-refractivity contribution is 6.82. The second-order valence-electron chi connectivity index (χ2n) is 40.2. The molecule has 28 aromatic carbocycles. The van der Waals surface area contributed by atoms with E-state index in [-0.39, 0.29) is 71.1 Å². The molecule has 18 nitrogen and oxygen atoms in total. The number of nitrogens with one attached hydrogen (secondary N) is 3. The SMILES string of the molecule is CC(C)(C)OC(=O)CCC(CCC(=O)OC(C)(C)C)(CCC(=O)OC(C)(C)C)NC(=O)CCCOC(=O)C1(C(=O)OCCCCCCn2c(=O)[nH]c(=O)[nH]c2=O)C23c4c5c6c7c8c9c(c%10c%11c2c2c4c4c%12c5c5c6c6c8c8c%13c9c9c%10c%10c%11c%11c2c2c4c4c%12c%12c5c5c6c8c6c8c%13c9c9c%10c%10c%11c2c2c4c4c%12c5c6c5c8c9c%10c2c45)C713. The molecule has 116 heavy (non-hydrogen) atoms. The molecule has 3 N–H and O–H groups in total. The van der Waals surface area contributed by atoms with E-state index in [2.05, 4.69) is 15.3 Å². The van der Waals surface area contributed by atoms with Gasteiger partial charge in [-0.05, 0) is 420 Å². The number of rotatable bonds is 23. The molecular formula is C98H60N4O14. The monoisotopic (exact) mass is 1520 g/mol. The van der Waals surface area contributed by atoms with E-state index < -0.39 is 91.4 Å². The van der Waals surface area contributed by atoms with Crippen molar-refractivity contribution in [1.29, 1.82) is 0 Å². The number of aromatic amines is 2. The topological polar surface area (TPSA) is 248 Å². The fourth-order valence-electron chi connectivity index (χ4n) is 30.5. The number of aromatic nitrogens is 3. The van der Waals surface area contributed by atoms with Gasteiger partial charge in [0.25, 0.3) is 0 Å². The standard InChI is InChI=1S/C98H60N4O14/c1-92(2,3)114-26(104)16-19-95(20-17-27(105)115-93(4,5)6,21-18-28(106)116-94(7,8)9)101-25(103)15-14-24-113-88(108)98(87(107)112-23-13-11-10-12-22-102-90(110)99-89(109)100-91(102)111)96-83-75-67-57-47-39-31-29-30-33-37-35(31)43-51-45(37)55-49-41(33)42-34(30)38-36-32(29)40(39)48-54-44(36)52-46(38)56-50(42)60-59(49)69-63(55)73-65(51)71(61(67)53(43)47)79(83)81(73)85-77(69)78-70(60)64(56)74-66(52)72-62(54)68(58(48)57)76(75)84(96)80(72)82(74)86(78)97(85,96)98/h10-24H2,1-9H3,(H,101,103)(H2,99,100,109,110,111). The van der Waals surface area contributed by atoms with Gasteiger partial charge in [-0.3, -0.25) is 38.7 Å². The second kappa shape index (κ2) is 16.1. The lowest BCUT2D eigenvalue weighted by Gasteiger charge is -2.36. The normalized spacial score (nSPS) is 19.7. The fraction of sp³-hybridized carbons (Fsp3) is 0.316. The van der Waals surface area contributed by atoms with Crippen LogP contribution < -0.4 is 22.4 Å². The lowest BCUT2D eigenvalue weighted by atomic mass is 9.68. The summed E-state index contributed by atoms with van der Waals surface area (Å²) in [6.45, 7) is 15.8. The van der Waals surface area contributed by atoms with E-state index in [0.29, 0.717) is 25.7 Å². The molecule has 556 valence electrons. The quantitative estimate of drug-likeness (QED) is 0.0177. The molecule has 1 heterocycles. The number of ether oxygens (including phenoxy) is 5. The largest absolute Gasteiger partial charge is 0.465 e. The smallest absolute Gasteiger partial charge is 0.333 e. The first-order chi connectivity index (χ1) is 55.8. The van der Waals surface area contributed by atoms with E-state index in [1.54, 1.807) is 62.3 Å². The zero-order valence-electron chi connectivity index (χ0n) is 64.3. The highest BCUT2D eigenvalue weighted by atomic mass is 16.6. The summed E-state index contributed by atoms with van der Waals surface area (Å²) in [7, 11) is 0. The van der Waals surface area contributed by atoms with Crippen LogP contribution in [-0.4, -0.2) is 85.8 Å². The molecule has 1 saturated carbocycles. The molecule has 1 aromatic heterocycles. The summed E-state index contributed by atoms with van der Waals surface area (Å²) in [4.78, 5) is 135. The Kier molecular flexibility index (Phi) is 8.25. The number of nitrogens with zero attached hydrogens (tertiary/aromatic N) is 1. The van der Waals surface area contributed by atoms with Crippen LogP contribution in [0.2, 0.25) is 0 Å². The molecule has 1 fully saturated rings. The summed E-state index contributed by atoms with van der Waals surface area (Å²) in [5.74, 6) is -3.32. The van der Waals surface area contributed by atoms with Gasteiger partial charge in [-0.25, -0.2) is 19.0 Å². The molecule has 0 saturated heterocycles. The van der Waals surface area contributed by atoms with Gasteiger partial charge in [0.15, 0.2) is 5.41 Å². The third-order valence-corrected chi connectivity index (χ3v) is 32.3. The number of esters is 5. The number of unbranched alkanes of at least 4 members (excludes halogenated alkanes) is 3. The van der Waals surface area contributed by atoms with Crippen molar-refractivity contribution >= 4 is 327 Å². The number of H-pyrrole nitrogens is 2. The Bertz CT molecular complexity index is 8780. The van der Waals surface area contributed by atoms with Crippen molar-refractivity contribution in [2.75, 3.05) is 13.2 Å². The zero-order chi connectivity index (χ0) is 77.0. The maximum atomic E-state index is 18.2. The molecule has 18 heteroatoms. The maximum Gasteiger partial charge on any atom is 0.333 e. The highest BCUT2D eigenvalue weighted by Gasteiger charge is 3.01. The molecular weight excluding hydrogens is 1460 g/mol. The van der Waals surface area contributed by atoms with Crippen LogP contribution in [0.5, 0.6) is 0 Å². The molecule has 2 spiro atoms. The van der Waals surface area contributed by atoms with Crippen LogP contribution in [-0.2, 0) is 69.8 Å². The van der Waals surface area contributed by atoms with Gasteiger partial charge in [-0.2, -0.15) is 0 Å². The van der Waals surface area contributed by atoms with Gasteiger partial charge in [-0.15, -0.1) is 0 Å². The summed E-state index contributed by atoms with van der Waals surface area (Å²) in [5, 5.41) is 76.2. The summed E-state index contributed by atoms with van der Waals surface area (Å²) in [6.07, 6.45) is 1.36. The van der Waals surface area contributed by atoms with Gasteiger partial charge in [0.05, 0.1) is 24.0 Å². The Balaban J connectivity index is 0.630. The molecule has 1 amide bonds. The maximum absolute atomic E-state index is 18.2. The number of amides is 1. The van der Waals surface area contributed by atoms with Crippen molar-refractivity contribution < 1.29 is 52.5 Å². The Morgan fingerprint density at radius 2 is 0.526 bits per heavy atom. The molecule has 29 aromatic rings. The first-order valence-corrected chi connectivity index (χ1v) is 41.8. The molecule has 5 aliphatic rings. The second-order valence-corrected chi connectivity index (χ2v) is 40.2. The fourth-order valence-corrected chi connectivity index (χ4v) is 30.5. The minimum Gasteiger partial charge on any atom is -0.465 e. The van der Waals surface area contributed by atoms with Gasteiger partial charge < -0.3 is 29.0 Å². The lowest BCUT2D eigenvalue weighted by molar-refractivity contribution is -0.167. The van der Waals surface area contributed by atoms with Crippen LogP contribution in [0.25, 0.3) is 291 Å². The van der Waals surface area contributed by atoms with Crippen LogP contribution in [0.15, 0.2) is 14.4 Å². The average molecular weight is 1520 g/mol. The molecule has 34 rings (SSSR count). The Morgan fingerprint density at radius 3 is 0.767 bits per heavy atom. The van der Waals surface area contributed by atoms with Crippen molar-refractivity contribution in [3.05, 3.63) is 53.7 Å². The summed E-state index contributed by atoms with van der Waals surface area (Å²) in [6, 6.07) is 0. The third kappa shape index (κ3) is 4.88. The molecule has 5 aliphatic carbocycles. The van der Waals surface area contributed by atoms with Gasteiger partial charge >= 0.3 is 46.9 Å². The van der Waals surface area contributed by atoms with Crippen LogP contribution in [0, 0.1) is 5.41 Å². The number of carbonyl (C=O) groups is 6. The Hall–Kier alpha value is -12.3. The number of carbonyl (C=O) groups excluding carboxylic acids is 6. The minimum absolute atomic E-state index is 0.0110. The number of hydrogen-bond donors (Lipinski definition) is 3. The van der Waals surface area contributed by atoms with Crippen LogP contribution in [0.3, 0.4) is 0 Å². The summed E-state index contributed by atoms with van der Waals surface area (Å²) < 4.78 is 32.9. The molecule has 0 aliphatic heterocycles. The van der Waals surface area contributed by atoms with E-state index in [1.807, 2.05) is 0 Å². The zero-order valence-corrected chi connectivity index (χ0v) is 64.3. The van der Waals surface area contributed by atoms with Gasteiger partial charge in [0.1, 0.15) is 16.8 Å². The van der Waals surface area contributed by atoms with Crippen molar-refractivity contribution in [2.24, 2.45) is 5.41 Å². The van der Waals surface area contributed by atoms with E-state index in [1.165, 1.54) is 291 Å². The lowest BCUT2D eigenvalue weighted by Crippen LogP contribution is -2.50. The van der Waals surface area contributed by atoms with Gasteiger partial charge in [0, 0.05) is 37.8 Å². The predicted octanol–water partition coefficient (Wildman–Crippen LogP) is 19.2. The minimum atomic E-state index is -2.10. The van der Waals surface area contributed by atoms with E-state index in [9.17, 15) is 28.8 Å². The Labute approximate surface area is 646 Å². The van der Waals surface area contributed by atoms with Crippen molar-refractivity contribution in [2.45, 2.75) is 179 Å². The van der Waals surface area contributed by atoms with Crippen molar-refractivity contribution in [1.82, 2.24) is 19.9 Å². The average Bonchev–Trinajstić information content (AvgIpc) is 1.35. The predicted molar refractivity (Wildman–Crippen MR) is 454 cm³/mol. The summed E-state index contributed by atoms with van der Waals surface area (Å²) >= 11 is 0. The highest BCUT2D eigenvalue weighted by Crippen LogP contribution is 2.97. The van der Waals surface area contributed by atoms with Gasteiger partial charge in [-0.1, -0.05) is 6.42 Å². The number of hydrogen-bond acceptors (Lipinski definition) is 14. The Morgan fingerprint density at radius 1 is 0.302 bits per heavy atom. The molecule has 0 atom stereocenters. The van der Waals surface area contributed by atoms with E-state index >= 15 is 14.4 Å². The van der Waals surface area contributed by atoms with Crippen LogP contribution in [0.4, 0.5) is 0 Å². The third-order valence-electron chi connectivity index (χ3n) is 32.3. The molecule has 0 bridgehead atoms. The summed E-state index contributed by atoms with van der Waals surface area (Å²) in [5.41, 5.74) is -6.85. The first kappa shape index (κ1) is 59.4. The van der Waals surface area contributed by atoms with Crippen LogP contribution >= 0.6 is 0 Å². The first-order valence-electron chi connectivity index (χ1n) is 41.8. The van der Waals surface area contributed by atoms with Crippen molar-refractivity contribution in [3.8, 4) is 0 Å². The molecule has 0 radical (unpaired) electrons. The number of benzene rings is 18. The van der Waals surface area contributed by atoms with E-state index in [4.69, 9.17) is 23.7 Å². The van der Waals surface area contributed by atoms with Crippen LogP contribution in [0.1, 0.15) is 162 Å². The molecule has 0 unspecified atom stereocenters.